The van der Waals surface area contributed by atoms with Crippen molar-refractivity contribution >= 4 is 45.6 Å². The fourth-order valence-corrected chi connectivity index (χ4v) is 3.19. The summed E-state index contributed by atoms with van der Waals surface area (Å²) in [6.07, 6.45) is 0. The first-order chi connectivity index (χ1) is 13.0. The van der Waals surface area contributed by atoms with Crippen LogP contribution in [-0.2, 0) is 4.79 Å². The van der Waals surface area contributed by atoms with Crippen LogP contribution in [0.25, 0.3) is 16.6 Å². The number of hydrogen-bond acceptors (Lipinski definition) is 4. The van der Waals surface area contributed by atoms with Gasteiger partial charge in [0.2, 0.25) is 5.91 Å². The Hall–Kier alpha value is -3.12. The molecule has 7 heteroatoms. The molecule has 0 saturated heterocycles. The zero-order chi connectivity index (χ0) is 19.0. The van der Waals surface area contributed by atoms with Gasteiger partial charge in [-0.2, -0.15) is 5.10 Å². The molecule has 0 aliphatic rings. The van der Waals surface area contributed by atoms with Crippen molar-refractivity contribution in [3.05, 3.63) is 64.8 Å². The SMILES string of the molecule is Cc1cc2nc(NCC(=O)Nc3cccc(Cl)c3C)c3ccccc3n2n1. The maximum Gasteiger partial charge on any atom is 0.243 e. The Kier molecular flexibility index (Phi) is 4.41. The maximum atomic E-state index is 12.4. The van der Waals surface area contributed by atoms with Gasteiger partial charge in [-0.25, -0.2) is 9.50 Å². The molecule has 0 bridgehead atoms. The summed E-state index contributed by atoms with van der Waals surface area (Å²) >= 11 is 6.11. The molecule has 0 atom stereocenters. The molecule has 0 aliphatic carbocycles. The fourth-order valence-electron chi connectivity index (χ4n) is 3.01. The highest BCUT2D eigenvalue weighted by atomic mass is 35.5. The molecule has 4 aromatic rings. The first kappa shape index (κ1) is 17.3. The van der Waals surface area contributed by atoms with Crippen molar-refractivity contribution in [2.45, 2.75) is 13.8 Å². The number of amides is 1. The van der Waals surface area contributed by atoms with E-state index >= 15 is 0 Å². The van der Waals surface area contributed by atoms with Gasteiger partial charge in [0.05, 0.1) is 17.8 Å². The Balaban J connectivity index is 1.59. The van der Waals surface area contributed by atoms with Crippen LogP contribution in [-0.4, -0.2) is 27.0 Å². The van der Waals surface area contributed by atoms with Crippen molar-refractivity contribution in [2.75, 3.05) is 17.2 Å². The molecular formula is C20H18ClN5O. The minimum atomic E-state index is -0.171. The van der Waals surface area contributed by atoms with E-state index in [0.29, 0.717) is 16.5 Å². The summed E-state index contributed by atoms with van der Waals surface area (Å²) in [5.41, 5.74) is 4.10. The summed E-state index contributed by atoms with van der Waals surface area (Å²) in [6, 6.07) is 15.2. The topological polar surface area (TPSA) is 71.3 Å². The Morgan fingerprint density at radius 3 is 2.81 bits per heavy atom. The number of para-hydroxylation sites is 1. The molecule has 0 unspecified atom stereocenters. The fraction of sp³-hybridized carbons (Fsp3) is 0.150. The lowest BCUT2D eigenvalue weighted by molar-refractivity contribution is -0.114. The smallest absolute Gasteiger partial charge is 0.243 e. The lowest BCUT2D eigenvalue weighted by Gasteiger charge is -2.12. The molecular weight excluding hydrogens is 362 g/mol. The minimum Gasteiger partial charge on any atom is -0.360 e. The predicted molar refractivity (Wildman–Crippen MR) is 109 cm³/mol. The van der Waals surface area contributed by atoms with Gasteiger partial charge in [0, 0.05) is 22.2 Å². The van der Waals surface area contributed by atoms with Gasteiger partial charge >= 0.3 is 0 Å². The number of aryl methyl sites for hydroxylation is 1. The van der Waals surface area contributed by atoms with Crippen LogP contribution in [0.15, 0.2) is 48.5 Å². The molecule has 6 nitrogen and oxygen atoms in total. The number of aromatic nitrogens is 3. The van der Waals surface area contributed by atoms with Crippen LogP contribution in [0.1, 0.15) is 11.3 Å². The molecule has 4 rings (SSSR count). The molecule has 2 heterocycles. The molecule has 2 aromatic heterocycles. The van der Waals surface area contributed by atoms with Gasteiger partial charge in [0.1, 0.15) is 5.82 Å². The lowest BCUT2D eigenvalue weighted by Crippen LogP contribution is -2.22. The highest BCUT2D eigenvalue weighted by Crippen LogP contribution is 2.24. The van der Waals surface area contributed by atoms with Crippen LogP contribution < -0.4 is 10.6 Å². The second kappa shape index (κ2) is 6.89. The van der Waals surface area contributed by atoms with E-state index in [1.54, 1.807) is 6.07 Å². The first-order valence-electron chi connectivity index (χ1n) is 8.57. The Labute approximate surface area is 161 Å². The minimum absolute atomic E-state index is 0.0895. The summed E-state index contributed by atoms with van der Waals surface area (Å²) in [4.78, 5) is 17.0. The van der Waals surface area contributed by atoms with E-state index in [9.17, 15) is 4.79 Å². The highest BCUT2D eigenvalue weighted by Gasteiger charge is 2.12. The molecule has 0 saturated carbocycles. The van der Waals surface area contributed by atoms with Gasteiger partial charge in [-0.05, 0) is 43.7 Å². The monoisotopic (exact) mass is 379 g/mol. The third-order valence-electron chi connectivity index (χ3n) is 4.38. The van der Waals surface area contributed by atoms with Crippen LogP contribution in [0.5, 0.6) is 0 Å². The lowest BCUT2D eigenvalue weighted by atomic mass is 10.2. The van der Waals surface area contributed by atoms with Crippen molar-refractivity contribution in [1.29, 1.82) is 0 Å². The second-order valence-corrected chi connectivity index (χ2v) is 6.75. The number of halogens is 1. The zero-order valence-electron chi connectivity index (χ0n) is 15.0. The molecule has 0 aliphatic heterocycles. The van der Waals surface area contributed by atoms with E-state index in [0.717, 1.165) is 27.8 Å². The Bertz CT molecular complexity index is 1170. The summed E-state index contributed by atoms with van der Waals surface area (Å²) in [6.45, 7) is 3.89. The predicted octanol–water partition coefficient (Wildman–Crippen LogP) is 4.20. The third kappa shape index (κ3) is 3.31. The van der Waals surface area contributed by atoms with E-state index in [1.165, 1.54) is 0 Å². The summed E-state index contributed by atoms with van der Waals surface area (Å²) in [5.74, 6) is 0.478. The van der Waals surface area contributed by atoms with Crippen molar-refractivity contribution < 1.29 is 4.79 Å². The van der Waals surface area contributed by atoms with Gasteiger partial charge < -0.3 is 10.6 Å². The Morgan fingerprint density at radius 2 is 1.96 bits per heavy atom. The van der Waals surface area contributed by atoms with E-state index in [1.807, 2.05) is 60.8 Å². The van der Waals surface area contributed by atoms with Crippen LogP contribution in [0, 0.1) is 13.8 Å². The second-order valence-electron chi connectivity index (χ2n) is 6.35. The van der Waals surface area contributed by atoms with Crippen LogP contribution in [0.3, 0.4) is 0 Å². The molecule has 0 radical (unpaired) electrons. The number of hydrogen-bond donors (Lipinski definition) is 2. The van der Waals surface area contributed by atoms with Gasteiger partial charge in [0.25, 0.3) is 0 Å². The van der Waals surface area contributed by atoms with Gasteiger partial charge in [-0.3, -0.25) is 4.79 Å². The molecule has 136 valence electrons. The zero-order valence-corrected chi connectivity index (χ0v) is 15.7. The van der Waals surface area contributed by atoms with Gasteiger partial charge in [-0.1, -0.05) is 29.8 Å². The molecule has 2 N–H and O–H groups in total. The number of nitrogens with zero attached hydrogens (tertiary/aromatic N) is 3. The van der Waals surface area contributed by atoms with Gasteiger partial charge in [0.15, 0.2) is 5.65 Å². The van der Waals surface area contributed by atoms with E-state index < -0.39 is 0 Å². The number of fused-ring (bicyclic) bond motifs is 3. The van der Waals surface area contributed by atoms with Gasteiger partial charge in [-0.15, -0.1) is 0 Å². The number of benzene rings is 2. The summed E-state index contributed by atoms with van der Waals surface area (Å²) in [5, 5.41) is 12.0. The quantitative estimate of drug-likeness (QED) is 0.557. The molecule has 0 spiro atoms. The van der Waals surface area contributed by atoms with Crippen molar-refractivity contribution in [3.8, 4) is 0 Å². The van der Waals surface area contributed by atoms with Crippen molar-refractivity contribution in [3.63, 3.8) is 0 Å². The third-order valence-corrected chi connectivity index (χ3v) is 4.79. The maximum absolute atomic E-state index is 12.4. The molecule has 27 heavy (non-hydrogen) atoms. The van der Waals surface area contributed by atoms with Crippen LogP contribution >= 0.6 is 11.6 Å². The number of nitrogens with one attached hydrogen (secondary N) is 2. The van der Waals surface area contributed by atoms with Crippen molar-refractivity contribution in [2.24, 2.45) is 0 Å². The number of carbonyl (C=O) groups is 1. The standard InChI is InChI=1S/C20H18ClN5O/c1-12-10-18-24-20(14-6-3-4-9-17(14)26(18)25-12)22-11-19(27)23-16-8-5-7-15(21)13(16)2/h3-10H,11H2,1-2H3,(H,22,24)(H,23,27). The number of carbonyl (C=O) groups excluding carboxylic acids is 1. The van der Waals surface area contributed by atoms with E-state index in [4.69, 9.17) is 11.6 Å². The number of anilines is 2. The van der Waals surface area contributed by atoms with E-state index in [2.05, 4.69) is 20.7 Å². The average molecular weight is 380 g/mol. The first-order valence-corrected chi connectivity index (χ1v) is 8.94. The van der Waals surface area contributed by atoms with Crippen molar-refractivity contribution in [1.82, 2.24) is 14.6 Å². The highest BCUT2D eigenvalue weighted by molar-refractivity contribution is 6.31. The van der Waals surface area contributed by atoms with Crippen LogP contribution in [0.4, 0.5) is 11.5 Å². The normalized spacial score (nSPS) is 11.1. The summed E-state index contributed by atoms with van der Waals surface area (Å²) < 4.78 is 1.81. The molecule has 1 amide bonds. The molecule has 2 aromatic carbocycles. The summed E-state index contributed by atoms with van der Waals surface area (Å²) in [7, 11) is 0. The van der Waals surface area contributed by atoms with Crippen LogP contribution in [0.2, 0.25) is 5.02 Å². The average Bonchev–Trinajstić information content (AvgIpc) is 3.04. The van der Waals surface area contributed by atoms with E-state index in [-0.39, 0.29) is 12.5 Å². The molecule has 0 fully saturated rings. The largest absolute Gasteiger partial charge is 0.360 e. The Morgan fingerprint density at radius 1 is 1.15 bits per heavy atom. The number of rotatable bonds is 4.